The minimum Gasteiger partial charge on any atom is -0.384 e. The van der Waals surface area contributed by atoms with Crippen LogP contribution in [-0.2, 0) is 4.74 Å². The minimum absolute atomic E-state index is 0.296. The molecule has 0 spiro atoms. The standard InChI is InChI=1S/C10H16N2O2/c1-3-6-14-7-10(13)9-4-5-11-8(2)12-9/h4-5,10,13H,3,6-7H2,1-2H3. The van der Waals surface area contributed by atoms with E-state index >= 15 is 0 Å². The van der Waals surface area contributed by atoms with Crippen molar-refractivity contribution in [2.75, 3.05) is 13.2 Å². The fraction of sp³-hybridized carbons (Fsp3) is 0.600. The Kier molecular flexibility index (Phi) is 4.49. The predicted molar refractivity (Wildman–Crippen MR) is 52.8 cm³/mol. The van der Waals surface area contributed by atoms with Gasteiger partial charge >= 0.3 is 0 Å². The van der Waals surface area contributed by atoms with Gasteiger partial charge in [-0.1, -0.05) is 6.92 Å². The van der Waals surface area contributed by atoms with E-state index in [1.54, 1.807) is 19.2 Å². The number of aliphatic hydroxyl groups is 1. The first-order valence-corrected chi connectivity index (χ1v) is 4.79. The van der Waals surface area contributed by atoms with Crippen molar-refractivity contribution >= 4 is 0 Å². The van der Waals surface area contributed by atoms with Gasteiger partial charge in [-0.2, -0.15) is 0 Å². The molecule has 1 rings (SSSR count). The fourth-order valence-electron chi connectivity index (χ4n) is 1.08. The summed E-state index contributed by atoms with van der Waals surface area (Å²) in [6.07, 6.45) is 1.94. The van der Waals surface area contributed by atoms with Crippen LogP contribution in [0.2, 0.25) is 0 Å². The lowest BCUT2D eigenvalue weighted by molar-refractivity contribution is 0.0341. The Morgan fingerprint density at radius 2 is 2.36 bits per heavy atom. The molecule has 0 aliphatic carbocycles. The van der Waals surface area contributed by atoms with Crippen molar-refractivity contribution in [3.8, 4) is 0 Å². The number of aryl methyl sites for hydroxylation is 1. The summed E-state index contributed by atoms with van der Waals surface area (Å²) in [5.41, 5.74) is 0.619. The summed E-state index contributed by atoms with van der Waals surface area (Å²) in [6.45, 7) is 4.79. The Labute approximate surface area is 84.0 Å². The van der Waals surface area contributed by atoms with E-state index in [2.05, 4.69) is 9.97 Å². The first kappa shape index (κ1) is 11.1. The maximum atomic E-state index is 9.66. The molecule has 0 bridgehead atoms. The van der Waals surface area contributed by atoms with Crippen LogP contribution in [0.3, 0.4) is 0 Å². The number of nitrogens with zero attached hydrogens (tertiary/aromatic N) is 2. The monoisotopic (exact) mass is 196 g/mol. The lowest BCUT2D eigenvalue weighted by atomic mass is 10.2. The molecule has 4 nitrogen and oxygen atoms in total. The molecule has 1 unspecified atom stereocenters. The van der Waals surface area contributed by atoms with Gasteiger partial charge in [-0.15, -0.1) is 0 Å². The lowest BCUT2D eigenvalue weighted by Crippen LogP contribution is -2.10. The second kappa shape index (κ2) is 5.67. The number of aromatic nitrogens is 2. The largest absolute Gasteiger partial charge is 0.384 e. The summed E-state index contributed by atoms with van der Waals surface area (Å²) in [7, 11) is 0. The van der Waals surface area contributed by atoms with Crippen LogP contribution < -0.4 is 0 Å². The van der Waals surface area contributed by atoms with Gasteiger partial charge in [-0.25, -0.2) is 9.97 Å². The Balaban J connectivity index is 2.47. The molecule has 14 heavy (non-hydrogen) atoms. The smallest absolute Gasteiger partial charge is 0.125 e. The topological polar surface area (TPSA) is 55.2 Å². The van der Waals surface area contributed by atoms with Crippen molar-refractivity contribution < 1.29 is 9.84 Å². The third kappa shape index (κ3) is 3.40. The molecule has 1 aromatic heterocycles. The molecule has 1 N–H and O–H groups in total. The second-order valence-electron chi connectivity index (χ2n) is 3.12. The van der Waals surface area contributed by atoms with Gasteiger partial charge in [0.1, 0.15) is 11.9 Å². The van der Waals surface area contributed by atoms with Crippen molar-refractivity contribution in [2.45, 2.75) is 26.4 Å². The highest BCUT2D eigenvalue weighted by molar-refractivity contribution is 5.04. The van der Waals surface area contributed by atoms with Gasteiger partial charge in [0.15, 0.2) is 0 Å². The molecule has 0 fully saturated rings. The third-order valence-corrected chi connectivity index (χ3v) is 1.76. The van der Waals surface area contributed by atoms with Gasteiger partial charge in [0.05, 0.1) is 12.3 Å². The average Bonchev–Trinajstić information content (AvgIpc) is 2.18. The van der Waals surface area contributed by atoms with Crippen LogP contribution in [0.15, 0.2) is 12.3 Å². The second-order valence-corrected chi connectivity index (χ2v) is 3.12. The van der Waals surface area contributed by atoms with Gasteiger partial charge in [0.2, 0.25) is 0 Å². The highest BCUT2D eigenvalue weighted by atomic mass is 16.5. The van der Waals surface area contributed by atoms with E-state index < -0.39 is 6.10 Å². The Bertz CT molecular complexity index is 279. The number of rotatable bonds is 5. The predicted octanol–water partition coefficient (Wildman–Crippen LogP) is 1.25. The zero-order valence-corrected chi connectivity index (χ0v) is 8.60. The van der Waals surface area contributed by atoms with E-state index in [-0.39, 0.29) is 0 Å². The van der Waals surface area contributed by atoms with Crippen molar-refractivity contribution in [2.24, 2.45) is 0 Å². The molecule has 1 heterocycles. The van der Waals surface area contributed by atoms with Crippen LogP contribution in [-0.4, -0.2) is 28.3 Å². The summed E-state index contributed by atoms with van der Waals surface area (Å²) in [6, 6.07) is 1.70. The number of hydrogen-bond donors (Lipinski definition) is 1. The van der Waals surface area contributed by atoms with Crippen LogP contribution in [0.4, 0.5) is 0 Å². The van der Waals surface area contributed by atoms with Crippen LogP contribution in [0.1, 0.15) is 31.0 Å². The van der Waals surface area contributed by atoms with E-state index in [1.165, 1.54) is 0 Å². The molecule has 4 heteroatoms. The molecule has 0 amide bonds. The van der Waals surface area contributed by atoms with Gasteiger partial charge in [0.25, 0.3) is 0 Å². The summed E-state index contributed by atoms with van der Waals surface area (Å²) >= 11 is 0. The zero-order valence-electron chi connectivity index (χ0n) is 8.60. The molecule has 0 aliphatic rings. The highest BCUT2D eigenvalue weighted by Crippen LogP contribution is 2.09. The van der Waals surface area contributed by atoms with E-state index in [9.17, 15) is 5.11 Å². The van der Waals surface area contributed by atoms with E-state index in [4.69, 9.17) is 4.74 Å². The van der Waals surface area contributed by atoms with Crippen molar-refractivity contribution in [1.82, 2.24) is 9.97 Å². The van der Waals surface area contributed by atoms with E-state index in [1.807, 2.05) is 6.92 Å². The normalized spacial score (nSPS) is 12.8. The van der Waals surface area contributed by atoms with Crippen LogP contribution in [0.25, 0.3) is 0 Å². The first-order chi connectivity index (χ1) is 6.74. The maximum Gasteiger partial charge on any atom is 0.125 e. The van der Waals surface area contributed by atoms with Gasteiger partial charge in [-0.3, -0.25) is 0 Å². The molecule has 0 saturated carbocycles. The van der Waals surface area contributed by atoms with Crippen molar-refractivity contribution in [3.63, 3.8) is 0 Å². The quantitative estimate of drug-likeness (QED) is 0.720. The number of ether oxygens (including phenoxy) is 1. The lowest BCUT2D eigenvalue weighted by Gasteiger charge is -2.10. The van der Waals surface area contributed by atoms with Gasteiger partial charge in [-0.05, 0) is 19.4 Å². The zero-order chi connectivity index (χ0) is 10.4. The van der Waals surface area contributed by atoms with E-state index in [0.29, 0.717) is 24.7 Å². The first-order valence-electron chi connectivity index (χ1n) is 4.79. The summed E-state index contributed by atoms with van der Waals surface area (Å²) in [5, 5.41) is 9.66. The number of aliphatic hydroxyl groups excluding tert-OH is 1. The highest BCUT2D eigenvalue weighted by Gasteiger charge is 2.08. The maximum absolute atomic E-state index is 9.66. The number of hydrogen-bond acceptors (Lipinski definition) is 4. The van der Waals surface area contributed by atoms with Gasteiger partial charge in [0, 0.05) is 12.8 Å². The molecule has 0 saturated heterocycles. The molecule has 0 aliphatic heterocycles. The molecular weight excluding hydrogens is 180 g/mol. The van der Waals surface area contributed by atoms with Crippen LogP contribution in [0, 0.1) is 6.92 Å². The Hall–Kier alpha value is -1.00. The molecule has 1 atom stereocenters. The van der Waals surface area contributed by atoms with Gasteiger partial charge < -0.3 is 9.84 Å². The summed E-state index contributed by atoms with van der Waals surface area (Å²) in [4.78, 5) is 8.07. The molecule has 1 aromatic rings. The SMILES string of the molecule is CCCOCC(O)c1ccnc(C)n1. The van der Waals surface area contributed by atoms with Crippen molar-refractivity contribution in [3.05, 3.63) is 23.8 Å². The fourth-order valence-corrected chi connectivity index (χ4v) is 1.08. The molecule has 0 aromatic carbocycles. The van der Waals surface area contributed by atoms with Crippen LogP contribution >= 0.6 is 0 Å². The van der Waals surface area contributed by atoms with Crippen LogP contribution in [0.5, 0.6) is 0 Å². The molecular formula is C10H16N2O2. The molecule has 0 radical (unpaired) electrons. The Morgan fingerprint density at radius 3 is 3.00 bits per heavy atom. The third-order valence-electron chi connectivity index (χ3n) is 1.76. The minimum atomic E-state index is -0.650. The van der Waals surface area contributed by atoms with E-state index in [0.717, 1.165) is 6.42 Å². The summed E-state index contributed by atoms with van der Waals surface area (Å²) < 4.78 is 5.23. The average molecular weight is 196 g/mol. The summed E-state index contributed by atoms with van der Waals surface area (Å²) in [5.74, 6) is 0.664. The molecule has 78 valence electrons. The Morgan fingerprint density at radius 1 is 1.57 bits per heavy atom. The van der Waals surface area contributed by atoms with Crippen molar-refractivity contribution in [1.29, 1.82) is 0 Å².